The summed E-state index contributed by atoms with van der Waals surface area (Å²) in [7, 11) is 0. The maximum absolute atomic E-state index is 10.9. The lowest BCUT2D eigenvalue weighted by Crippen LogP contribution is -2.51. The highest BCUT2D eigenvalue weighted by atomic mass is 35.5. The third kappa shape index (κ3) is 2.39. The number of carboxylic acid groups (broad SMARTS) is 1. The minimum atomic E-state index is -0.691. The van der Waals surface area contributed by atoms with Gasteiger partial charge in [0.2, 0.25) is 5.95 Å². The van der Waals surface area contributed by atoms with Crippen LogP contribution >= 0.6 is 22.9 Å². The molecule has 1 N–H and O–H groups in total. The summed E-state index contributed by atoms with van der Waals surface area (Å²) in [4.78, 5) is 26.0. The zero-order chi connectivity index (χ0) is 17.3. The fourth-order valence-corrected chi connectivity index (χ4v) is 5.31. The van der Waals surface area contributed by atoms with E-state index in [9.17, 15) is 4.79 Å². The Morgan fingerprint density at radius 3 is 2.92 bits per heavy atom. The Labute approximate surface area is 154 Å². The first kappa shape index (κ1) is 15.6. The molecule has 2 aliphatic heterocycles. The van der Waals surface area contributed by atoms with Crippen molar-refractivity contribution in [1.82, 2.24) is 9.97 Å². The maximum atomic E-state index is 10.9. The van der Waals surface area contributed by atoms with Crippen molar-refractivity contribution in [1.29, 1.82) is 0 Å². The van der Waals surface area contributed by atoms with Crippen molar-refractivity contribution in [3.63, 3.8) is 0 Å². The van der Waals surface area contributed by atoms with Crippen LogP contribution < -0.4 is 9.80 Å². The predicted octanol–water partition coefficient (Wildman–Crippen LogP) is 3.24. The first-order valence-corrected chi connectivity index (χ1v) is 9.85. The van der Waals surface area contributed by atoms with Gasteiger partial charge in [0.15, 0.2) is 0 Å². The van der Waals surface area contributed by atoms with Crippen molar-refractivity contribution in [2.24, 2.45) is 11.3 Å². The smallest absolute Gasteiger partial charge is 0.303 e. The van der Waals surface area contributed by atoms with Crippen LogP contribution in [0.25, 0.3) is 10.2 Å². The molecule has 3 aliphatic rings. The van der Waals surface area contributed by atoms with Gasteiger partial charge in [0.1, 0.15) is 10.6 Å². The van der Waals surface area contributed by atoms with Crippen molar-refractivity contribution in [3.8, 4) is 0 Å². The second-order valence-corrected chi connectivity index (χ2v) is 9.33. The van der Waals surface area contributed by atoms with Crippen LogP contribution in [0.2, 0.25) is 4.34 Å². The maximum Gasteiger partial charge on any atom is 0.303 e. The van der Waals surface area contributed by atoms with Gasteiger partial charge >= 0.3 is 5.97 Å². The molecule has 0 amide bonds. The van der Waals surface area contributed by atoms with Crippen LogP contribution in [-0.2, 0) is 4.79 Å². The Balaban J connectivity index is 1.44. The topological polar surface area (TPSA) is 69.6 Å². The molecule has 2 saturated heterocycles. The van der Waals surface area contributed by atoms with Crippen LogP contribution in [0.1, 0.15) is 26.2 Å². The van der Waals surface area contributed by atoms with Gasteiger partial charge in [-0.1, -0.05) is 11.6 Å². The molecule has 0 bridgehead atoms. The largest absolute Gasteiger partial charge is 0.481 e. The molecule has 1 aliphatic carbocycles. The molecular weight excluding hydrogens is 360 g/mol. The number of nitrogens with zero attached hydrogens (tertiary/aromatic N) is 4. The Kier molecular flexibility index (Phi) is 3.26. The van der Waals surface area contributed by atoms with Gasteiger partial charge in [-0.05, 0) is 31.7 Å². The molecule has 132 valence electrons. The lowest BCUT2D eigenvalue weighted by atomic mass is 9.92. The molecule has 8 heteroatoms. The van der Waals surface area contributed by atoms with E-state index in [1.807, 2.05) is 6.07 Å². The molecule has 4 heterocycles. The number of carboxylic acids is 1. The molecule has 0 radical (unpaired) electrons. The lowest BCUT2D eigenvalue weighted by molar-refractivity contribution is -0.137. The predicted molar refractivity (Wildman–Crippen MR) is 98.9 cm³/mol. The SMILES string of the molecule is C[C@H]1CCN1c1nc(N2CC3(CC3CC(=O)O)C2)c2cc(Cl)sc2n1. The van der Waals surface area contributed by atoms with Gasteiger partial charge in [-0.2, -0.15) is 4.98 Å². The van der Waals surface area contributed by atoms with Crippen molar-refractivity contribution in [3.05, 3.63) is 10.4 Å². The minimum Gasteiger partial charge on any atom is -0.481 e. The standard InChI is InChI=1S/C17H19ClN4O2S/c1-9-2-3-22(9)16-19-14(11-5-12(18)25-15(11)20-16)21-7-17(8-21)6-10(17)4-13(23)24/h5,9-10H,2-4,6-8H2,1H3,(H,23,24)/t9-,10?/m0/s1. The van der Waals surface area contributed by atoms with E-state index >= 15 is 0 Å². The quantitative estimate of drug-likeness (QED) is 0.880. The summed E-state index contributed by atoms with van der Waals surface area (Å²) in [5, 5.41) is 10.0. The summed E-state index contributed by atoms with van der Waals surface area (Å²) in [5.74, 6) is 1.37. The molecule has 1 unspecified atom stereocenters. The van der Waals surface area contributed by atoms with Gasteiger partial charge in [0, 0.05) is 37.5 Å². The van der Waals surface area contributed by atoms with Crippen molar-refractivity contribution in [2.75, 3.05) is 29.4 Å². The molecule has 1 saturated carbocycles. The number of hydrogen-bond acceptors (Lipinski definition) is 6. The van der Waals surface area contributed by atoms with E-state index in [-0.39, 0.29) is 11.8 Å². The average Bonchev–Trinajstić information content (AvgIpc) is 3.06. The third-order valence-corrected chi connectivity index (χ3v) is 7.16. The summed E-state index contributed by atoms with van der Waals surface area (Å²) in [6, 6.07) is 2.43. The zero-order valence-corrected chi connectivity index (χ0v) is 15.5. The van der Waals surface area contributed by atoms with Crippen LogP contribution in [0.4, 0.5) is 11.8 Å². The van der Waals surface area contributed by atoms with Gasteiger partial charge in [-0.25, -0.2) is 4.98 Å². The van der Waals surface area contributed by atoms with E-state index in [1.54, 1.807) is 0 Å². The van der Waals surface area contributed by atoms with Gasteiger partial charge in [0.05, 0.1) is 9.72 Å². The molecule has 5 rings (SSSR count). The Bertz CT molecular complexity index is 879. The van der Waals surface area contributed by atoms with E-state index in [2.05, 4.69) is 16.7 Å². The molecule has 2 atom stereocenters. The third-order valence-electron chi connectivity index (χ3n) is 6.00. The number of anilines is 2. The molecular formula is C17H19ClN4O2S. The van der Waals surface area contributed by atoms with Gasteiger partial charge in [-0.15, -0.1) is 11.3 Å². The zero-order valence-electron chi connectivity index (χ0n) is 13.9. The molecule has 25 heavy (non-hydrogen) atoms. The first-order valence-electron chi connectivity index (χ1n) is 8.66. The fraction of sp³-hybridized carbons (Fsp3) is 0.588. The number of fused-ring (bicyclic) bond motifs is 1. The number of hydrogen-bond donors (Lipinski definition) is 1. The number of halogens is 1. The number of carbonyl (C=O) groups is 1. The summed E-state index contributed by atoms with van der Waals surface area (Å²) in [6.07, 6.45) is 2.48. The number of aromatic nitrogens is 2. The van der Waals surface area contributed by atoms with Crippen LogP contribution in [0, 0.1) is 11.3 Å². The van der Waals surface area contributed by atoms with E-state index in [4.69, 9.17) is 26.7 Å². The van der Waals surface area contributed by atoms with E-state index < -0.39 is 5.97 Å². The summed E-state index contributed by atoms with van der Waals surface area (Å²) in [6.45, 7) is 4.96. The number of aliphatic carboxylic acids is 1. The molecule has 0 aromatic carbocycles. The molecule has 2 aromatic rings. The Morgan fingerprint density at radius 1 is 1.48 bits per heavy atom. The summed E-state index contributed by atoms with van der Waals surface area (Å²) in [5.41, 5.74) is 0.194. The van der Waals surface area contributed by atoms with Gasteiger partial charge in [0.25, 0.3) is 0 Å². The summed E-state index contributed by atoms with van der Waals surface area (Å²) < 4.78 is 0.727. The highest BCUT2D eigenvalue weighted by molar-refractivity contribution is 7.22. The Hall–Kier alpha value is -1.60. The summed E-state index contributed by atoms with van der Waals surface area (Å²) >= 11 is 7.73. The molecule has 6 nitrogen and oxygen atoms in total. The van der Waals surface area contributed by atoms with E-state index in [1.165, 1.54) is 17.8 Å². The highest BCUT2D eigenvalue weighted by Gasteiger charge is 2.62. The van der Waals surface area contributed by atoms with Gasteiger partial charge < -0.3 is 14.9 Å². The van der Waals surface area contributed by atoms with E-state index in [0.717, 1.165) is 52.4 Å². The minimum absolute atomic E-state index is 0.194. The molecule has 1 spiro atoms. The lowest BCUT2D eigenvalue weighted by Gasteiger charge is -2.43. The van der Waals surface area contributed by atoms with Gasteiger partial charge in [-0.3, -0.25) is 4.79 Å². The number of thiophene rings is 1. The monoisotopic (exact) mass is 378 g/mol. The van der Waals surface area contributed by atoms with Crippen LogP contribution in [-0.4, -0.2) is 46.7 Å². The van der Waals surface area contributed by atoms with Crippen molar-refractivity contribution < 1.29 is 9.90 Å². The second kappa shape index (κ2) is 5.20. The molecule has 2 aromatic heterocycles. The van der Waals surface area contributed by atoms with E-state index in [0.29, 0.717) is 12.0 Å². The number of rotatable bonds is 4. The average molecular weight is 379 g/mol. The van der Waals surface area contributed by atoms with Crippen LogP contribution in [0.15, 0.2) is 6.07 Å². The van der Waals surface area contributed by atoms with Crippen LogP contribution in [0.3, 0.4) is 0 Å². The molecule has 3 fully saturated rings. The van der Waals surface area contributed by atoms with Crippen molar-refractivity contribution in [2.45, 2.75) is 32.2 Å². The van der Waals surface area contributed by atoms with Crippen LogP contribution in [0.5, 0.6) is 0 Å². The Morgan fingerprint density at radius 2 is 2.28 bits per heavy atom. The van der Waals surface area contributed by atoms with Crippen molar-refractivity contribution >= 4 is 50.9 Å². The normalized spacial score (nSPS) is 26.6. The second-order valence-electron chi connectivity index (χ2n) is 7.66. The fourth-order valence-electron chi connectivity index (χ4n) is 4.23. The highest BCUT2D eigenvalue weighted by Crippen LogP contribution is 2.61. The first-order chi connectivity index (χ1) is 11.9.